The van der Waals surface area contributed by atoms with E-state index in [9.17, 15) is 4.79 Å². The Morgan fingerprint density at radius 2 is 1.92 bits per heavy atom. The topological polar surface area (TPSA) is 72.2 Å². The Kier molecular flexibility index (Phi) is 5.03. The first-order chi connectivity index (χ1) is 12.0. The molecule has 6 nitrogen and oxygen atoms in total. The summed E-state index contributed by atoms with van der Waals surface area (Å²) in [6, 6.07) is 8.02. The summed E-state index contributed by atoms with van der Waals surface area (Å²) in [5.74, 6) is 0.812. The van der Waals surface area contributed by atoms with Crippen LogP contribution in [0.3, 0.4) is 0 Å². The average molecular weight is 355 g/mol. The van der Waals surface area contributed by atoms with Crippen LogP contribution in [0.2, 0.25) is 0 Å². The SMILES string of the molecule is Cc1ccccc1CNC(=O)CSc1nc2nc(C)c(C)c(C)n2n1. The van der Waals surface area contributed by atoms with Gasteiger partial charge >= 0.3 is 0 Å². The third-order valence-electron chi connectivity index (χ3n) is 4.31. The van der Waals surface area contributed by atoms with Gasteiger partial charge in [-0.25, -0.2) is 9.50 Å². The highest BCUT2D eigenvalue weighted by molar-refractivity contribution is 7.99. The van der Waals surface area contributed by atoms with Crippen LogP contribution in [-0.2, 0) is 11.3 Å². The van der Waals surface area contributed by atoms with E-state index in [4.69, 9.17) is 0 Å². The molecule has 0 atom stereocenters. The largest absolute Gasteiger partial charge is 0.351 e. The van der Waals surface area contributed by atoms with Gasteiger partial charge in [0, 0.05) is 17.9 Å². The summed E-state index contributed by atoms with van der Waals surface area (Å²) in [4.78, 5) is 20.9. The standard InChI is InChI=1S/C18H21N5OS/c1-11-7-5-6-8-15(11)9-19-16(24)10-25-18-21-17-20-13(3)12(2)14(4)23(17)22-18/h5-8H,9-10H2,1-4H3,(H,19,24). The Labute approximate surface area is 151 Å². The molecule has 0 aliphatic rings. The van der Waals surface area contributed by atoms with Crippen LogP contribution in [0.4, 0.5) is 0 Å². The Hall–Kier alpha value is -2.41. The minimum absolute atomic E-state index is 0.0378. The van der Waals surface area contributed by atoms with Crippen LogP contribution in [0.5, 0.6) is 0 Å². The highest BCUT2D eigenvalue weighted by Gasteiger charge is 2.12. The van der Waals surface area contributed by atoms with Crippen molar-refractivity contribution in [2.24, 2.45) is 0 Å². The van der Waals surface area contributed by atoms with E-state index >= 15 is 0 Å². The maximum absolute atomic E-state index is 12.1. The van der Waals surface area contributed by atoms with E-state index in [1.807, 2.05) is 52.0 Å². The number of carbonyl (C=O) groups excluding carboxylic acids is 1. The fourth-order valence-electron chi connectivity index (χ4n) is 2.48. The maximum Gasteiger partial charge on any atom is 0.253 e. The highest BCUT2D eigenvalue weighted by atomic mass is 32.2. The third kappa shape index (κ3) is 3.82. The molecule has 0 bridgehead atoms. The lowest BCUT2D eigenvalue weighted by atomic mass is 10.1. The molecular formula is C18H21N5OS. The lowest BCUT2D eigenvalue weighted by Crippen LogP contribution is -2.24. The first-order valence-corrected chi connectivity index (χ1v) is 9.09. The van der Waals surface area contributed by atoms with Gasteiger partial charge in [-0.15, -0.1) is 5.10 Å². The number of hydrogen-bond donors (Lipinski definition) is 1. The molecule has 3 aromatic rings. The molecule has 25 heavy (non-hydrogen) atoms. The van der Waals surface area contributed by atoms with Gasteiger partial charge in [0.2, 0.25) is 11.1 Å². The molecular weight excluding hydrogens is 334 g/mol. The molecule has 2 aromatic heterocycles. The van der Waals surface area contributed by atoms with Gasteiger partial charge in [-0.2, -0.15) is 4.98 Å². The van der Waals surface area contributed by atoms with Crippen LogP contribution in [0.15, 0.2) is 29.4 Å². The van der Waals surface area contributed by atoms with Crippen molar-refractivity contribution in [1.82, 2.24) is 24.9 Å². The lowest BCUT2D eigenvalue weighted by Gasteiger charge is -2.07. The van der Waals surface area contributed by atoms with Crippen molar-refractivity contribution in [2.75, 3.05) is 5.75 Å². The second-order valence-corrected chi connectivity index (χ2v) is 6.95. The summed E-state index contributed by atoms with van der Waals surface area (Å²) in [6.45, 7) is 8.54. The first-order valence-electron chi connectivity index (χ1n) is 8.10. The number of aryl methyl sites for hydroxylation is 3. The van der Waals surface area contributed by atoms with E-state index in [1.165, 1.54) is 17.3 Å². The zero-order chi connectivity index (χ0) is 18.0. The quantitative estimate of drug-likeness (QED) is 0.713. The molecule has 1 amide bonds. The van der Waals surface area contributed by atoms with E-state index < -0.39 is 0 Å². The van der Waals surface area contributed by atoms with Crippen molar-refractivity contribution >= 4 is 23.4 Å². The van der Waals surface area contributed by atoms with Crippen LogP contribution >= 0.6 is 11.8 Å². The van der Waals surface area contributed by atoms with Crippen molar-refractivity contribution in [1.29, 1.82) is 0 Å². The van der Waals surface area contributed by atoms with E-state index in [1.54, 1.807) is 4.52 Å². The van der Waals surface area contributed by atoms with Crippen molar-refractivity contribution in [3.8, 4) is 0 Å². The summed E-state index contributed by atoms with van der Waals surface area (Å²) in [5.41, 5.74) is 5.36. The highest BCUT2D eigenvalue weighted by Crippen LogP contribution is 2.17. The van der Waals surface area contributed by atoms with Crippen LogP contribution < -0.4 is 5.32 Å². The number of benzene rings is 1. The number of thioether (sulfide) groups is 1. The first kappa shape index (κ1) is 17.4. The van der Waals surface area contributed by atoms with E-state index in [2.05, 4.69) is 20.4 Å². The molecule has 0 saturated heterocycles. The van der Waals surface area contributed by atoms with Gasteiger partial charge in [-0.1, -0.05) is 36.0 Å². The van der Waals surface area contributed by atoms with Crippen LogP contribution in [0, 0.1) is 27.7 Å². The molecule has 130 valence electrons. The Morgan fingerprint density at radius 1 is 1.16 bits per heavy atom. The lowest BCUT2D eigenvalue weighted by molar-refractivity contribution is -0.118. The Morgan fingerprint density at radius 3 is 2.68 bits per heavy atom. The molecule has 0 aliphatic heterocycles. The number of hydrogen-bond acceptors (Lipinski definition) is 5. The molecule has 0 saturated carbocycles. The predicted octanol–water partition coefficient (Wildman–Crippen LogP) is 2.77. The molecule has 0 radical (unpaired) electrons. The van der Waals surface area contributed by atoms with Gasteiger partial charge in [0.15, 0.2) is 0 Å². The molecule has 2 heterocycles. The number of fused-ring (bicyclic) bond motifs is 1. The summed E-state index contributed by atoms with van der Waals surface area (Å²) >= 11 is 1.32. The van der Waals surface area contributed by atoms with Gasteiger partial charge in [-0.05, 0) is 44.4 Å². The second-order valence-electron chi connectivity index (χ2n) is 6.01. The van der Waals surface area contributed by atoms with E-state index in [0.717, 1.165) is 22.5 Å². The number of rotatable bonds is 5. The van der Waals surface area contributed by atoms with Gasteiger partial charge in [0.25, 0.3) is 5.78 Å². The Balaban J connectivity index is 1.61. The molecule has 1 aromatic carbocycles. The second kappa shape index (κ2) is 7.23. The maximum atomic E-state index is 12.1. The third-order valence-corrected chi connectivity index (χ3v) is 5.15. The fraction of sp³-hybridized carbons (Fsp3) is 0.333. The smallest absolute Gasteiger partial charge is 0.253 e. The van der Waals surface area contributed by atoms with Gasteiger partial charge in [0.05, 0.1) is 5.75 Å². The molecule has 0 unspecified atom stereocenters. The molecule has 1 N–H and O–H groups in total. The van der Waals surface area contributed by atoms with Crippen LogP contribution in [-0.4, -0.2) is 31.2 Å². The van der Waals surface area contributed by atoms with Crippen molar-refractivity contribution in [3.63, 3.8) is 0 Å². The van der Waals surface area contributed by atoms with Gasteiger partial charge < -0.3 is 5.32 Å². The fourth-order valence-corrected chi connectivity index (χ4v) is 3.13. The zero-order valence-electron chi connectivity index (χ0n) is 14.8. The normalized spacial score (nSPS) is 11.0. The number of nitrogens with zero attached hydrogens (tertiary/aromatic N) is 4. The molecule has 7 heteroatoms. The van der Waals surface area contributed by atoms with E-state index in [-0.39, 0.29) is 11.7 Å². The summed E-state index contributed by atoms with van der Waals surface area (Å²) in [7, 11) is 0. The van der Waals surface area contributed by atoms with E-state index in [0.29, 0.717) is 17.5 Å². The molecule has 0 spiro atoms. The summed E-state index contributed by atoms with van der Waals surface area (Å²) in [5, 5.41) is 7.94. The summed E-state index contributed by atoms with van der Waals surface area (Å²) < 4.78 is 1.73. The number of amides is 1. The minimum Gasteiger partial charge on any atom is -0.351 e. The summed E-state index contributed by atoms with van der Waals surface area (Å²) in [6.07, 6.45) is 0. The van der Waals surface area contributed by atoms with Crippen molar-refractivity contribution < 1.29 is 4.79 Å². The number of aromatic nitrogens is 4. The van der Waals surface area contributed by atoms with Crippen LogP contribution in [0.25, 0.3) is 5.78 Å². The molecule has 0 fully saturated rings. The number of nitrogens with one attached hydrogen (secondary N) is 1. The van der Waals surface area contributed by atoms with Gasteiger partial charge in [-0.3, -0.25) is 4.79 Å². The van der Waals surface area contributed by atoms with Crippen molar-refractivity contribution in [3.05, 3.63) is 52.3 Å². The molecule has 3 rings (SSSR count). The Bertz CT molecular complexity index is 935. The minimum atomic E-state index is -0.0378. The van der Waals surface area contributed by atoms with Crippen LogP contribution in [0.1, 0.15) is 28.1 Å². The monoisotopic (exact) mass is 355 g/mol. The van der Waals surface area contributed by atoms with Gasteiger partial charge in [0.1, 0.15) is 0 Å². The number of carbonyl (C=O) groups is 1. The molecule has 0 aliphatic carbocycles. The zero-order valence-corrected chi connectivity index (χ0v) is 15.6. The van der Waals surface area contributed by atoms with Crippen molar-refractivity contribution in [2.45, 2.75) is 39.4 Å². The predicted molar refractivity (Wildman–Crippen MR) is 98.7 cm³/mol. The average Bonchev–Trinajstić information content (AvgIpc) is 3.00.